The van der Waals surface area contributed by atoms with Gasteiger partial charge in [0.05, 0.1) is 11.5 Å². The van der Waals surface area contributed by atoms with Crippen LogP contribution in [0.1, 0.15) is 75.9 Å². The number of hydrogen-bond donors (Lipinski definition) is 5. The second kappa shape index (κ2) is 18.8. The summed E-state index contributed by atoms with van der Waals surface area (Å²) in [5.74, 6) is -2.82. The maximum atomic E-state index is 14.0. The number of nitrogens with zero attached hydrogens (tertiary/aromatic N) is 2. The van der Waals surface area contributed by atoms with E-state index < -0.39 is 72.1 Å². The smallest absolute Gasteiger partial charge is 0.245 e. The Morgan fingerprint density at radius 1 is 0.765 bits per heavy atom. The molecule has 278 valence electrons. The van der Waals surface area contributed by atoms with E-state index in [0.717, 1.165) is 18.1 Å². The summed E-state index contributed by atoms with van der Waals surface area (Å²) in [5, 5.41) is 8.51. The van der Waals surface area contributed by atoms with Gasteiger partial charge in [0.25, 0.3) is 0 Å². The fraction of sp³-hybridized carbons (Fsp3) is 0.564. The van der Waals surface area contributed by atoms with Gasteiger partial charge in [0.1, 0.15) is 18.1 Å². The molecule has 2 aliphatic rings. The highest BCUT2D eigenvalue weighted by Gasteiger charge is 2.47. The van der Waals surface area contributed by atoms with Crippen LogP contribution in [0.5, 0.6) is 0 Å². The van der Waals surface area contributed by atoms with Crippen molar-refractivity contribution in [1.82, 2.24) is 25.8 Å². The Kier molecular flexibility index (Phi) is 12.5. The lowest BCUT2D eigenvalue weighted by Crippen LogP contribution is -2.63. The maximum Gasteiger partial charge on any atom is 0.245 e. The maximum absolute atomic E-state index is 14.0. The Hall–Kier alpha value is -4.29. The monoisotopic (exact) mass is 707 g/mol. The van der Waals surface area contributed by atoms with Crippen molar-refractivity contribution in [2.24, 2.45) is 22.8 Å². The van der Waals surface area contributed by atoms with Gasteiger partial charge in [-0.05, 0) is 68.5 Å². The summed E-state index contributed by atoms with van der Waals surface area (Å²) in [5.41, 5.74) is 12.2. The number of likely N-dealkylation sites (tertiary alicyclic amines) is 2. The van der Waals surface area contributed by atoms with E-state index in [-0.39, 0.29) is 57.5 Å². The Morgan fingerprint density at radius 2 is 1.29 bits per heavy atom. The number of unbranched alkanes of at least 4 members (excludes halogenated alkanes) is 1. The minimum Gasteiger partial charge on any atom is -0.343 e. The van der Waals surface area contributed by atoms with Gasteiger partial charge in [0, 0.05) is 44.8 Å². The summed E-state index contributed by atoms with van der Waals surface area (Å²) < 4.78 is 34.3. The highest BCUT2D eigenvalue weighted by atomic mass is 16.2. The zero-order valence-corrected chi connectivity index (χ0v) is 30.0. The fourth-order valence-corrected chi connectivity index (χ4v) is 6.43. The van der Waals surface area contributed by atoms with Gasteiger partial charge in [-0.1, -0.05) is 74.5 Å². The number of nitrogens with one attached hydrogen (secondary N) is 3. The van der Waals surface area contributed by atoms with Crippen molar-refractivity contribution in [2.75, 3.05) is 32.6 Å². The number of piperidine rings is 1. The van der Waals surface area contributed by atoms with Crippen LogP contribution < -0.4 is 27.4 Å². The van der Waals surface area contributed by atoms with Crippen LogP contribution in [0.3, 0.4) is 0 Å². The van der Waals surface area contributed by atoms with Crippen LogP contribution in [0, 0.1) is 11.3 Å². The molecule has 51 heavy (non-hydrogen) atoms. The van der Waals surface area contributed by atoms with E-state index in [1.165, 1.54) is 4.90 Å². The van der Waals surface area contributed by atoms with E-state index in [0.29, 0.717) is 24.3 Å². The minimum absolute atomic E-state index is 0.0124. The van der Waals surface area contributed by atoms with Crippen LogP contribution in [0.2, 0.25) is 0 Å². The standard InChI is InChI=1S/C39H57N7O5/c1-27(2)22-33(36(49)42-32(16-10-11-19-40)38(51)45-20-17-39(18-21-45)25-46(26-39)28(3)47)44-37(50)34(24-30-14-8-5-9-15-30)43-35(48)31(41)23-29-12-6-4-7-13-29/h4-9,12-15,27,31-34H,10-11,16-26,40-41H2,1-3H3,(H,42,49)(H,43,48)(H,44,50)/t31-,32-,33-,34-/m1/s1/i25D2,26D2. The molecule has 7 N–H and O–H groups in total. The zero-order valence-electron chi connectivity index (χ0n) is 34.0. The third kappa shape index (κ3) is 11.6. The number of rotatable bonds is 17. The Labute approximate surface area is 308 Å². The lowest BCUT2D eigenvalue weighted by molar-refractivity contribution is -0.149. The van der Waals surface area contributed by atoms with Gasteiger partial charge in [0.15, 0.2) is 0 Å². The summed E-state index contributed by atoms with van der Waals surface area (Å²) in [6.07, 6.45) is 2.01. The molecule has 0 aromatic heterocycles. The van der Waals surface area contributed by atoms with Crippen molar-refractivity contribution < 1.29 is 29.5 Å². The third-order valence-electron chi connectivity index (χ3n) is 9.35. The van der Waals surface area contributed by atoms with E-state index in [1.54, 1.807) is 0 Å². The molecule has 5 amide bonds. The van der Waals surface area contributed by atoms with E-state index >= 15 is 0 Å². The molecule has 2 heterocycles. The molecule has 1 spiro atoms. The number of amides is 5. The zero-order chi connectivity index (χ0) is 40.6. The van der Waals surface area contributed by atoms with Gasteiger partial charge < -0.3 is 37.2 Å². The highest BCUT2D eigenvalue weighted by Crippen LogP contribution is 2.40. The van der Waals surface area contributed by atoms with Gasteiger partial charge in [-0.25, -0.2) is 0 Å². The predicted octanol–water partition coefficient (Wildman–Crippen LogP) is 1.90. The molecule has 2 aromatic rings. The van der Waals surface area contributed by atoms with Crippen LogP contribution in [0.15, 0.2) is 60.7 Å². The predicted molar refractivity (Wildman–Crippen MR) is 197 cm³/mol. The minimum atomic E-state index is -2.22. The van der Waals surface area contributed by atoms with Crippen molar-refractivity contribution in [1.29, 1.82) is 0 Å². The van der Waals surface area contributed by atoms with E-state index in [1.807, 2.05) is 74.5 Å². The molecular formula is C39H57N7O5. The van der Waals surface area contributed by atoms with Crippen LogP contribution in [-0.2, 0) is 36.8 Å². The fourth-order valence-electron chi connectivity index (χ4n) is 6.43. The molecule has 4 rings (SSSR count). The van der Waals surface area contributed by atoms with Gasteiger partial charge in [-0.3, -0.25) is 24.0 Å². The number of carbonyl (C=O) groups is 5. The Balaban J connectivity index is 1.49. The van der Waals surface area contributed by atoms with Crippen molar-refractivity contribution in [3.05, 3.63) is 71.8 Å². The second-order valence-electron chi connectivity index (χ2n) is 14.1. The molecule has 0 radical (unpaired) electrons. The van der Waals surface area contributed by atoms with Gasteiger partial charge in [-0.2, -0.15) is 0 Å². The summed E-state index contributed by atoms with van der Waals surface area (Å²) in [6.45, 7) is 0.935. The molecule has 2 saturated heterocycles. The molecular weight excluding hydrogens is 646 g/mol. The summed E-state index contributed by atoms with van der Waals surface area (Å²) in [7, 11) is 0. The van der Waals surface area contributed by atoms with Crippen LogP contribution in [0.4, 0.5) is 0 Å². The summed E-state index contributed by atoms with van der Waals surface area (Å²) in [6, 6.07) is 14.4. The first kappa shape index (κ1) is 33.8. The first-order chi connectivity index (χ1) is 25.9. The average molecular weight is 708 g/mol. The summed E-state index contributed by atoms with van der Waals surface area (Å²) in [4.78, 5) is 69.6. The molecule has 12 heteroatoms. The van der Waals surface area contributed by atoms with Crippen LogP contribution in [-0.4, -0.2) is 96.1 Å². The van der Waals surface area contributed by atoms with Crippen molar-refractivity contribution >= 4 is 29.5 Å². The van der Waals surface area contributed by atoms with E-state index in [9.17, 15) is 24.0 Å². The van der Waals surface area contributed by atoms with Crippen LogP contribution in [0.25, 0.3) is 0 Å². The second-order valence-corrected chi connectivity index (χ2v) is 14.1. The Bertz CT molecular complexity index is 1620. The molecule has 2 aromatic carbocycles. The first-order valence-electron chi connectivity index (χ1n) is 20.0. The van der Waals surface area contributed by atoms with E-state index in [4.69, 9.17) is 17.0 Å². The molecule has 4 atom stereocenters. The Morgan fingerprint density at radius 3 is 1.84 bits per heavy atom. The number of benzene rings is 2. The summed E-state index contributed by atoms with van der Waals surface area (Å²) >= 11 is 0. The molecule has 0 saturated carbocycles. The average Bonchev–Trinajstić information content (AvgIpc) is 3.13. The lowest BCUT2D eigenvalue weighted by Gasteiger charge is -2.54. The van der Waals surface area contributed by atoms with Crippen molar-refractivity contribution in [3.63, 3.8) is 0 Å². The topological polar surface area (TPSA) is 180 Å². The lowest BCUT2D eigenvalue weighted by atomic mass is 9.72. The normalized spacial score (nSPS) is 20.7. The largest absolute Gasteiger partial charge is 0.343 e. The number of carbonyl (C=O) groups excluding carboxylic acids is 5. The van der Waals surface area contributed by atoms with Crippen molar-refractivity contribution in [3.8, 4) is 0 Å². The molecule has 2 fully saturated rings. The molecule has 2 aliphatic heterocycles. The molecule has 0 bridgehead atoms. The highest BCUT2D eigenvalue weighted by molar-refractivity contribution is 5.95. The van der Waals surface area contributed by atoms with Gasteiger partial charge >= 0.3 is 0 Å². The van der Waals surface area contributed by atoms with Crippen LogP contribution >= 0.6 is 0 Å². The number of hydrogen-bond acceptors (Lipinski definition) is 7. The van der Waals surface area contributed by atoms with Crippen molar-refractivity contribution in [2.45, 2.75) is 96.3 Å². The SMILES string of the molecule is [2H]C1([2H])N(C(C)=O)C([2H])([2H])C12CCN(C(=O)[C@@H](CCCCN)NC(=O)[C@@H](CC(C)C)NC(=O)[C@@H](Cc1ccccc1)NC(=O)[C@H](N)Cc1ccccc1)CC2. The first-order valence-corrected chi connectivity index (χ1v) is 18.0. The van der Waals surface area contributed by atoms with Gasteiger partial charge in [0.2, 0.25) is 29.5 Å². The quantitative estimate of drug-likeness (QED) is 0.156. The third-order valence-corrected chi connectivity index (χ3v) is 9.35. The number of nitrogens with two attached hydrogens (primary N) is 2. The molecule has 0 unspecified atom stereocenters. The van der Waals surface area contributed by atoms with E-state index in [2.05, 4.69) is 16.0 Å². The van der Waals surface area contributed by atoms with Gasteiger partial charge in [-0.15, -0.1) is 0 Å². The molecule has 0 aliphatic carbocycles. The molecule has 12 nitrogen and oxygen atoms in total.